The van der Waals surface area contributed by atoms with Gasteiger partial charge in [0.05, 0.1) is 12.4 Å². The van der Waals surface area contributed by atoms with Crippen LogP contribution < -0.4 is 5.73 Å². The van der Waals surface area contributed by atoms with E-state index in [0.717, 1.165) is 6.42 Å². The zero-order valence-electron chi connectivity index (χ0n) is 6.52. The Kier molecular flexibility index (Phi) is 6.82. The summed E-state index contributed by atoms with van der Waals surface area (Å²) in [6.07, 6.45) is 2.72. The highest BCUT2D eigenvalue weighted by molar-refractivity contribution is 6.29. The van der Waals surface area contributed by atoms with E-state index < -0.39 is 0 Å². The van der Waals surface area contributed by atoms with E-state index in [2.05, 4.69) is 4.99 Å². The molecule has 0 aromatic rings. The first-order valence-corrected chi connectivity index (χ1v) is 3.64. The number of alkyl halides is 1. The highest BCUT2D eigenvalue weighted by Crippen LogP contribution is 1.88. The monoisotopic (exact) mass is 159 g/mol. The summed E-state index contributed by atoms with van der Waals surface area (Å²) < 4.78 is 11.5. The maximum Gasteiger partial charge on any atom is 0.0895 e. The van der Waals surface area contributed by atoms with Crippen molar-refractivity contribution in [3.63, 3.8) is 0 Å². The second kappa shape index (κ2) is 7.34. The molecule has 0 rings (SSSR count). The molecule has 0 spiro atoms. The maximum atomic E-state index is 11.5. The summed E-state index contributed by atoms with van der Waals surface area (Å²) in [6.45, 7) is 0.517. The van der Waals surface area contributed by atoms with Crippen LogP contribution in [0.4, 0.5) is 4.39 Å². The van der Waals surface area contributed by atoms with Gasteiger partial charge >= 0.3 is 0 Å². The summed E-state index contributed by atoms with van der Waals surface area (Å²) in [5.41, 5.74) is 5.45. The van der Waals surface area contributed by atoms with Gasteiger partial charge in [0, 0.05) is 19.3 Å². The minimum Gasteiger partial charge on any atom is -0.325 e. The molecule has 4 heteroatoms. The van der Waals surface area contributed by atoms with Gasteiger partial charge in [-0.3, -0.25) is 9.38 Å². The van der Waals surface area contributed by atoms with Crippen LogP contribution in [-0.4, -0.2) is 31.7 Å². The van der Waals surface area contributed by atoms with Crippen molar-refractivity contribution in [1.29, 1.82) is 5.41 Å². The number of nitrogens with one attached hydrogen (secondary N) is 1. The van der Waals surface area contributed by atoms with Gasteiger partial charge in [-0.15, -0.1) is 0 Å². The lowest BCUT2D eigenvalue weighted by Crippen LogP contribution is -2.13. The topological polar surface area (TPSA) is 62.2 Å². The summed E-state index contributed by atoms with van der Waals surface area (Å²) in [6, 6.07) is 0. The summed E-state index contributed by atoms with van der Waals surface area (Å²) in [7, 11) is 0. The van der Waals surface area contributed by atoms with E-state index in [1.54, 1.807) is 0 Å². The Morgan fingerprint density at radius 3 is 2.82 bits per heavy atom. The number of aliphatic imine (C=N–C) groups is 1. The minimum atomic E-state index is -0.288. The van der Waals surface area contributed by atoms with Crippen LogP contribution in [0.3, 0.4) is 0 Å². The van der Waals surface area contributed by atoms with E-state index in [9.17, 15) is 4.39 Å². The predicted octanol–water partition coefficient (Wildman–Crippen LogP) is 0.785. The van der Waals surface area contributed by atoms with Gasteiger partial charge in [0.1, 0.15) is 0 Å². The zero-order chi connectivity index (χ0) is 8.53. The van der Waals surface area contributed by atoms with Crippen molar-refractivity contribution in [3.8, 4) is 0 Å². The molecule has 3 N–H and O–H groups in total. The molecule has 0 bridgehead atoms. The third-order valence-corrected chi connectivity index (χ3v) is 1.14. The maximum absolute atomic E-state index is 11.5. The summed E-state index contributed by atoms with van der Waals surface area (Å²) in [5, 5.41) is 7.07. The SMILES string of the molecule is N=C(C=NCCCCF)CN. The molecule has 0 aliphatic rings. The molecule has 0 radical (unpaired) electrons. The number of nitrogens with two attached hydrogens (primary N) is 1. The van der Waals surface area contributed by atoms with Crippen molar-refractivity contribution in [3.05, 3.63) is 0 Å². The van der Waals surface area contributed by atoms with Gasteiger partial charge in [0.2, 0.25) is 0 Å². The fourth-order valence-electron chi connectivity index (χ4n) is 0.525. The van der Waals surface area contributed by atoms with Gasteiger partial charge in [0.25, 0.3) is 0 Å². The van der Waals surface area contributed by atoms with Gasteiger partial charge in [-0.1, -0.05) is 0 Å². The quantitative estimate of drug-likeness (QED) is 0.436. The molecular weight excluding hydrogens is 145 g/mol. The predicted molar refractivity (Wildman–Crippen MR) is 45.3 cm³/mol. The second-order valence-corrected chi connectivity index (χ2v) is 2.16. The van der Waals surface area contributed by atoms with Gasteiger partial charge in [0.15, 0.2) is 0 Å². The van der Waals surface area contributed by atoms with Crippen molar-refractivity contribution < 1.29 is 4.39 Å². The first-order valence-electron chi connectivity index (χ1n) is 3.64. The van der Waals surface area contributed by atoms with Crippen molar-refractivity contribution in [1.82, 2.24) is 0 Å². The van der Waals surface area contributed by atoms with Gasteiger partial charge < -0.3 is 11.1 Å². The zero-order valence-corrected chi connectivity index (χ0v) is 6.52. The van der Waals surface area contributed by atoms with Crippen molar-refractivity contribution in [2.24, 2.45) is 10.7 Å². The van der Waals surface area contributed by atoms with E-state index in [4.69, 9.17) is 11.1 Å². The molecule has 0 aliphatic carbocycles. The molecule has 0 aromatic heterocycles. The van der Waals surface area contributed by atoms with Gasteiger partial charge in [-0.05, 0) is 12.8 Å². The average molecular weight is 159 g/mol. The molecule has 0 atom stereocenters. The van der Waals surface area contributed by atoms with Crippen LogP contribution in [0.25, 0.3) is 0 Å². The Hall–Kier alpha value is -0.770. The fraction of sp³-hybridized carbons (Fsp3) is 0.714. The van der Waals surface area contributed by atoms with E-state index in [1.807, 2.05) is 0 Å². The molecule has 0 heterocycles. The summed E-state index contributed by atoms with van der Waals surface area (Å²) in [5.74, 6) is 0. The summed E-state index contributed by atoms with van der Waals surface area (Å²) in [4.78, 5) is 3.88. The number of nitrogens with zero attached hydrogens (tertiary/aromatic N) is 1. The standard InChI is InChI=1S/C7H14FN3/c8-3-1-2-4-11-6-7(10)5-9/h6,10H,1-5,9H2. The number of rotatable bonds is 6. The lowest BCUT2D eigenvalue weighted by Gasteiger charge is -1.91. The molecule has 11 heavy (non-hydrogen) atoms. The first kappa shape index (κ1) is 10.2. The molecule has 0 aromatic carbocycles. The van der Waals surface area contributed by atoms with Crippen molar-refractivity contribution in [2.75, 3.05) is 19.8 Å². The lowest BCUT2D eigenvalue weighted by atomic mass is 10.3. The highest BCUT2D eigenvalue weighted by Gasteiger charge is 1.86. The molecule has 0 aliphatic heterocycles. The van der Waals surface area contributed by atoms with E-state index in [-0.39, 0.29) is 13.2 Å². The van der Waals surface area contributed by atoms with Crippen LogP contribution in [0.15, 0.2) is 4.99 Å². The Morgan fingerprint density at radius 2 is 2.27 bits per heavy atom. The lowest BCUT2D eigenvalue weighted by molar-refractivity contribution is 0.464. The molecule has 3 nitrogen and oxygen atoms in total. The van der Waals surface area contributed by atoms with Crippen LogP contribution in [0.5, 0.6) is 0 Å². The Labute approximate surface area is 66.0 Å². The average Bonchev–Trinajstić information content (AvgIpc) is 2.04. The molecule has 0 amide bonds. The highest BCUT2D eigenvalue weighted by atomic mass is 19.1. The third-order valence-electron chi connectivity index (χ3n) is 1.14. The van der Waals surface area contributed by atoms with E-state index in [0.29, 0.717) is 18.7 Å². The van der Waals surface area contributed by atoms with E-state index in [1.165, 1.54) is 6.21 Å². The van der Waals surface area contributed by atoms with Gasteiger partial charge in [-0.25, -0.2) is 0 Å². The normalized spacial score (nSPS) is 10.7. The smallest absolute Gasteiger partial charge is 0.0895 e. The van der Waals surface area contributed by atoms with Gasteiger partial charge in [-0.2, -0.15) is 0 Å². The Balaban J connectivity index is 3.22. The first-order chi connectivity index (χ1) is 5.31. The van der Waals surface area contributed by atoms with Crippen LogP contribution in [0, 0.1) is 5.41 Å². The van der Waals surface area contributed by atoms with Crippen molar-refractivity contribution >= 4 is 11.9 Å². The van der Waals surface area contributed by atoms with Crippen LogP contribution >= 0.6 is 0 Å². The summed E-state index contributed by atoms with van der Waals surface area (Å²) >= 11 is 0. The minimum absolute atomic E-state index is 0.215. The Bertz CT molecular complexity index is 134. The fourth-order valence-corrected chi connectivity index (χ4v) is 0.525. The second-order valence-electron chi connectivity index (χ2n) is 2.16. The molecule has 0 unspecified atom stereocenters. The van der Waals surface area contributed by atoms with Crippen LogP contribution in [0.1, 0.15) is 12.8 Å². The van der Waals surface area contributed by atoms with E-state index >= 15 is 0 Å². The molecule has 0 saturated carbocycles. The molecule has 0 saturated heterocycles. The molecular formula is C7H14FN3. The number of hydrogen-bond acceptors (Lipinski definition) is 3. The molecule has 0 fully saturated rings. The van der Waals surface area contributed by atoms with Crippen LogP contribution in [0.2, 0.25) is 0 Å². The largest absolute Gasteiger partial charge is 0.325 e. The number of hydrogen-bond donors (Lipinski definition) is 2. The van der Waals surface area contributed by atoms with Crippen molar-refractivity contribution in [2.45, 2.75) is 12.8 Å². The van der Waals surface area contributed by atoms with Crippen LogP contribution in [-0.2, 0) is 0 Å². The third kappa shape index (κ3) is 7.12. The number of unbranched alkanes of at least 4 members (excludes halogenated alkanes) is 1. The molecule has 64 valence electrons. The Morgan fingerprint density at radius 1 is 1.55 bits per heavy atom. The number of halogens is 1.